The van der Waals surface area contributed by atoms with Crippen LogP contribution < -0.4 is 0 Å². The van der Waals surface area contributed by atoms with Crippen LogP contribution in [-0.2, 0) is 52.0 Å². The van der Waals surface area contributed by atoms with Gasteiger partial charge in [0.15, 0.2) is 5.78 Å². The Morgan fingerprint density at radius 2 is 1.24 bits per heavy atom. The fourth-order valence-electron chi connectivity index (χ4n) is 9.72. The van der Waals surface area contributed by atoms with Crippen LogP contribution in [0, 0.1) is 17.9 Å². The molecule has 0 unspecified atom stereocenters. The Labute approximate surface area is 366 Å². The van der Waals surface area contributed by atoms with Crippen molar-refractivity contribution in [3.05, 3.63) is 100 Å². The van der Waals surface area contributed by atoms with Gasteiger partial charge in [0.05, 0.1) is 5.76 Å². The van der Waals surface area contributed by atoms with Crippen LogP contribution in [-0.4, -0.2) is 15.9 Å². The molecule has 2 aliphatic rings. The maximum Gasteiger partial charge on any atom is 0.162 e. The molecule has 1 aromatic heterocycles. The Bertz CT molecular complexity index is 2060. The number of aliphatic hydroxyl groups excluding tert-OH is 1. The van der Waals surface area contributed by atoms with Gasteiger partial charge in [-0.3, -0.25) is 9.78 Å². The van der Waals surface area contributed by atoms with Gasteiger partial charge in [0.1, 0.15) is 0 Å². The van der Waals surface area contributed by atoms with Crippen molar-refractivity contribution in [1.29, 1.82) is 0 Å². The first-order valence-corrected chi connectivity index (χ1v) is 22.1. The quantitative estimate of drug-likeness (QED) is 0.103. The van der Waals surface area contributed by atoms with Crippen LogP contribution in [0.15, 0.2) is 66.6 Å². The molecule has 0 spiro atoms. The van der Waals surface area contributed by atoms with Gasteiger partial charge in [-0.2, -0.15) is 0 Å². The molecule has 1 radical (unpaired) electrons. The van der Waals surface area contributed by atoms with E-state index in [1.54, 1.807) is 22.3 Å². The molecule has 317 valence electrons. The number of nitrogens with zero attached hydrogens (tertiary/aromatic N) is 1. The summed E-state index contributed by atoms with van der Waals surface area (Å²) in [7, 11) is 0. The molecule has 0 saturated heterocycles. The molecule has 58 heavy (non-hydrogen) atoms. The number of fused-ring (bicyclic) bond motifs is 3. The van der Waals surface area contributed by atoms with Crippen LogP contribution in [0.4, 0.5) is 0 Å². The summed E-state index contributed by atoms with van der Waals surface area (Å²) in [5.41, 5.74) is 13.0. The molecular formula is C54H74IrNO2-. The Morgan fingerprint density at radius 3 is 1.74 bits per heavy atom. The zero-order valence-corrected chi connectivity index (χ0v) is 41.1. The summed E-state index contributed by atoms with van der Waals surface area (Å²) < 4.78 is 0. The van der Waals surface area contributed by atoms with Crippen molar-refractivity contribution in [3.63, 3.8) is 0 Å². The molecule has 1 heterocycles. The molecule has 6 rings (SSSR count). The number of aliphatic hydroxyl groups is 1. The summed E-state index contributed by atoms with van der Waals surface area (Å²) in [4.78, 5) is 16.7. The molecule has 1 N–H and O–H groups in total. The van der Waals surface area contributed by atoms with E-state index < -0.39 is 0 Å². The van der Waals surface area contributed by atoms with Gasteiger partial charge in [-0.25, -0.2) is 0 Å². The van der Waals surface area contributed by atoms with Crippen LogP contribution in [0.2, 0.25) is 0 Å². The second-order valence-electron chi connectivity index (χ2n) is 21.0. The minimum atomic E-state index is 0. The van der Waals surface area contributed by atoms with E-state index in [1.807, 2.05) is 33.9 Å². The van der Waals surface area contributed by atoms with E-state index >= 15 is 0 Å². The van der Waals surface area contributed by atoms with Crippen LogP contribution >= 0.6 is 0 Å². The van der Waals surface area contributed by atoms with E-state index in [4.69, 9.17) is 4.98 Å². The van der Waals surface area contributed by atoms with Gasteiger partial charge >= 0.3 is 0 Å². The van der Waals surface area contributed by atoms with E-state index in [0.717, 1.165) is 42.3 Å². The number of rotatable bonds is 9. The maximum atomic E-state index is 11.7. The van der Waals surface area contributed by atoms with Crippen LogP contribution in [0.1, 0.15) is 183 Å². The number of pyridine rings is 1. The second kappa shape index (κ2) is 17.9. The van der Waals surface area contributed by atoms with Crippen LogP contribution in [0.3, 0.4) is 0 Å². The number of ketones is 1. The zero-order valence-electron chi connectivity index (χ0n) is 38.7. The fourth-order valence-corrected chi connectivity index (χ4v) is 9.72. The first-order valence-electron chi connectivity index (χ1n) is 22.1. The van der Waals surface area contributed by atoms with E-state index in [1.165, 1.54) is 53.8 Å². The summed E-state index contributed by atoms with van der Waals surface area (Å²) >= 11 is 0. The molecule has 3 nitrogen and oxygen atoms in total. The van der Waals surface area contributed by atoms with Gasteiger partial charge in [-0.05, 0) is 118 Å². The normalized spacial score (nSPS) is 17.8. The number of hydrogen-bond acceptors (Lipinski definition) is 3. The summed E-state index contributed by atoms with van der Waals surface area (Å²) in [5.74, 6) is 0.547. The molecule has 4 heteroatoms. The van der Waals surface area contributed by atoms with Crippen molar-refractivity contribution < 1.29 is 30.0 Å². The third-order valence-electron chi connectivity index (χ3n) is 13.9. The predicted octanol–water partition coefficient (Wildman–Crippen LogP) is 15.2. The second-order valence-corrected chi connectivity index (χ2v) is 21.0. The van der Waals surface area contributed by atoms with Gasteiger partial charge in [0.25, 0.3) is 0 Å². The van der Waals surface area contributed by atoms with Crippen LogP contribution in [0.25, 0.3) is 33.2 Å². The van der Waals surface area contributed by atoms with Crippen molar-refractivity contribution in [2.75, 3.05) is 0 Å². The van der Waals surface area contributed by atoms with E-state index in [0.29, 0.717) is 0 Å². The predicted molar refractivity (Wildman–Crippen MR) is 245 cm³/mol. The maximum absolute atomic E-state index is 11.7. The first-order chi connectivity index (χ1) is 26.5. The summed E-state index contributed by atoms with van der Waals surface area (Å²) in [5, 5.41) is 12.2. The smallest absolute Gasteiger partial charge is 0.162 e. The van der Waals surface area contributed by atoms with E-state index in [-0.39, 0.29) is 70.6 Å². The van der Waals surface area contributed by atoms with Crippen molar-refractivity contribution >= 4 is 16.6 Å². The van der Waals surface area contributed by atoms with Gasteiger partial charge in [-0.15, -0.1) is 29.1 Å². The SMILES string of the molecule is CC(C)(C)c1cc(-c2cc(-c3c4c(cc5c3C(C)(C)CCC5(C)C)C(C)(C)CCC4(C)C)ccn2)[c-]c2ccccc12.CCC(CC)C(=O)/C=C(\O)C(CC)CC.[Ir]. The number of carbonyl (C=O) groups excluding carboxylic acids is 1. The standard InChI is InChI=1S/C41H50N.C13H24O2.Ir/c1-37(2,3)30-23-28(22-26-14-12-13-15-29(26)30)33-24-27(16-21-42-33)34-35-31(38(4,5)17-19-40(35,8)9)25-32-36(34)41(10,11)20-18-39(32,6)7;1-5-10(6-2)12(14)9-13(15)11(7-3)8-4;/h12-16,21,23-25H,17-20H2,1-11H3;9-11,14H,5-8H2,1-4H3;/q-1;;/b;12-9-;. The third-order valence-corrected chi connectivity index (χ3v) is 13.9. The Balaban J connectivity index is 0.000000398. The molecular weight excluding hydrogens is 887 g/mol. The van der Waals surface area contributed by atoms with Crippen LogP contribution in [0.5, 0.6) is 0 Å². The molecule has 0 aliphatic heterocycles. The summed E-state index contributed by atoms with van der Waals surface area (Å²) in [6.07, 6.45) is 11.8. The molecule has 4 aromatic rings. The Hall–Kier alpha value is -3.07. The topological polar surface area (TPSA) is 50.2 Å². The van der Waals surface area contributed by atoms with Gasteiger partial charge in [0.2, 0.25) is 0 Å². The molecule has 3 aromatic carbocycles. The molecule has 0 amide bonds. The summed E-state index contributed by atoms with van der Waals surface area (Å²) in [6, 6.07) is 22.1. The molecule has 0 atom stereocenters. The fraction of sp³-hybridized carbons (Fsp3) is 0.556. The van der Waals surface area contributed by atoms with Crippen molar-refractivity contribution in [2.24, 2.45) is 11.8 Å². The minimum Gasteiger partial charge on any atom is -0.512 e. The Kier molecular flexibility index (Phi) is 14.7. The third kappa shape index (κ3) is 9.60. The first kappa shape index (κ1) is 47.6. The number of carbonyl (C=O) groups is 1. The van der Waals surface area contributed by atoms with E-state index in [9.17, 15) is 9.90 Å². The van der Waals surface area contributed by atoms with Crippen molar-refractivity contribution in [2.45, 2.75) is 182 Å². The number of allylic oxidation sites excluding steroid dienone is 2. The van der Waals surface area contributed by atoms with E-state index in [2.05, 4.69) is 131 Å². The number of aromatic nitrogens is 1. The van der Waals surface area contributed by atoms with Crippen molar-refractivity contribution in [3.8, 4) is 22.4 Å². The number of benzene rings is 3. The minimum absolute atomic E-state index is 0. The summed E-state index contributed by atoms with van der Waals surface area (Å²) in [6.45, 7) is 34.8. The molecule has 2 aliphatic carbocycles. The molecule has 0 fully saturated rings. The zero-order chi connectivity index (χ0) is 42.3. The van der Waals surface area contributed by atoms with Gasteiger partial charge in [-0.1, -0.05) is 145 Å². The van der Waals surface area contributed by atoms with Gasteiger partial charge < -0.3 is 5.11 Å². The average molecular weight is 961 g/mol. The molecule has 0 saturated carbocycles. The molecule has 0 bridgehead atoms. The monoisotopic (exact) mass is 962 g/mol. The number of hydrogen-bond donors (Lipinski definition) is 1. The largest absolute Gasteiger partial charge is 0.512 e. The van der Waals surface area contributed by atoms with Gasteiger partial charge in [0, 0.05) is 49.9 Å². The Morgan fingerprint density at radius 1 is 0.741 bits per heavy atom. The average Bonchev–Trinajstić information content (AvgIpc) is 3.15. The van der Waals surface area contributed by atoms with Crippen molar-refractivity contribution in [1.82, 2.24) is 4.98 Å².